The maximum absolute atomic E-state index is 4.31. The van der Waals surface area contributed by atoms with Crippen molar-refractivity contribution in [3.05, 3.63) is 53.2 Å². The second-order valence-corrected chi connectivity index (χ2v) is 7.53. The summed E-state index contributed by atoms with van der Waals surface area (Å²) in [5, 5.41) is 12.1. The highest BCUT2D eigenvalue weighted by atomic mass is 15.2. The van der Waals surface area contributed by atoms with Gasteiger partial charge in [-0.15, -0.1) is 10.2 Å². The van der Waals surface area contributed by atoms with E-state index in [2.05, 4.69) is 44.4 Å². The third kappa shape index (κ3) is 3.40. The van der Waals surface area contributed by atoms with Gasteiger partial charge in [0.1, 0.15) is 5.82 Å². The number of rotatable bonds is 6. The van der Waals surface area contributed by atoms with Gasteiger partial charge in [0.05, 0.1) is 0 Å². The number of hydrogen-bond donors (Lipinski definition) is 1. The van der Waals surface area contributed by atoms with E-state index in [1.54, 1.807) is 0 Å². The van der Waals surface area contributed by atoms with Gasteiger partial charge in [0.25, 0.3) is 0 Å². The van der Waals surface area contributed by atoms with Crippen LogP contribution in [0.3, 0.4) is 0 Å². The van der Waals surface area contributed by atoms with Gasteiger partial charge in [-0.3, -0.25) is 4.40 Å². The minimum absolute atomic E-state index is 0.708. The van der Waals surface area contributed by atoms with Gasteiger partial charge in [0, 0.05) is 43.1 Å². The Morgan fingerprint density at radius 3 is 2.81 bits per heavy atom. The lowest BCUT2D eigenvalue weighted by atomic mass is 9.95. The molecular formula is C21H29N5. The van der Waals surface area contributed by atoms with Crippen LogP contribution in [0, 0.1) is 13.8 Å². The number of nitrogens with one attached hydrogen (secondary N) is 1. The molecule has 0 aliphatic heterocycles. The molecule has 3 aromatic heterocycles. The molecule has 0 unspecified atom stereocenters. The highest BCUT2D eigenvalue weighted by Gasteiger charge is 2.19. The molecular weight excluding hydrogens is 322 g/mol. The van der Waals surface area contributed by atoms with Crippen molar-refractivity contribution >= 4 is 5.65 Å². The number of pyridine rings is 1. The van der Waals surface area contributed by atoms with E-state index in [0.717, 1.165) is 31.0 Å². The van der Waals surface area contributed by atoms with Crippen LogP contribution in [0.5, 0.6) is 0 Å². The van der Waals surface area contributed by atoms with Crippen LogP contribution < -0.4 is 5.32 Å². The quantitative estimate of drug-likeness (QED) is 0.683. The molecule has 0 atom stereocenters. The SMILES string of the molecule is Cc1cc(CNCCc2nnc3ccccn23)c(C)n1C1CCCCC1. The molecule has 1 aliphatic rings. The maximum atomic E-state index is 4.31. The van der Waals surface area contributed by atoms with Crippen LogP contribution in [-0.4, -0.2) is 25.7 Å². The van der Waals surface area contributed by atoms with Gasteiger partial charge < -0.3 is 9.88 Å². The first kappa shape index (κ1) is 17.3. The Morgan fingerprint density at radius 2 is 1.96 bits per heavy atom. The van der Waals surface area contributed by atoms with Gasteiger partial charge in [-0.25, -0.2) is 0 Å². The summed E-state index contributed by atoms with van der Waals surface area (Å²) in [4.78, 5) is 0. The van der Waals surface area contributed by atoms with Crippen molar-refractivity contribution in [2.45, 2.75) is 65.0 Å². The number of fused-ring (bicyclic) bond motifs is 1. The van der Waals surface area contributed by atoms with E-state index in [1.165, 1.54) is 49.1 Å². The van der Waals surface area contributed by atoms with Crippen LogP contribution in [0.2, 0.25) is 0 Å². The van der Waals surface area contributed by atoms with Gasteiger partial charge >= 0.3 is 0 Å². The first-order valence-corrected chi connectivity index (χ1v) is 9.90. The Labute approximate surface area is 155 Å². The van der Waals surface area contributed by atoms with Crippen LogP contribution >= 0.6 is 0 Å². The van der Waals surface area contributed by atoms with Gasteiger partial charge in [-0.2, -0.15) is 0 Å². The van der Waals surface area contributed by atoms with Crippen molar-refractivity contribution in [3.63, 3.8) is 0 Å². The second kappa shape index (κ2) is 7.62. The summed E-state index contributed by atoms with van der Waals surface area (Å²) in [7, 11) is 0. The molecule has 4 rings (SSSR count). The van der Waals surface area contributed by atoms with E-state index in [1.807, 2.05) is 24.4 Å². The molecule has 5 nitrogen and oxygen atoms in total. The summed E-state index contributed by atoms with van der Waals surface area (Å²) in [6.45, 7) is 6.37. The lowest BCUT2D eigenvalue weighted by Crippen LogP contribution is -2.19. The fraction of sp³-hybridized carbons (Fsp3) is 0.524. The molecule has 0 saturated heterocycles. The molecule has 3 aromatic rings. The van der Waals surface area contributed by atoms with E-state index >= 15 is 0 Å². The topological polar surface area (TPSA) is 47.1 Å². The summed E-state index contributed by atoms with van der Waals surface area (Å²) in [5.74, 6) is 1.01. The molecule has 0 amide bonds. The van der Waals surface area contributed by atoms with Crippen LogP contribution in [-0.2, 0) is 13.0 Å². The molecule has 0 radical (unpaired) electrons. The highest BCUT2D eigenvalue weighted by molar-refractivity contribution is 5.37. The number of hydrogen-bond acceptors (Lipinski definition) is 3. The average Bonchev–Trinajstić information content (AvgIpc) is 3.20. The molecule has 0 spiro atoms. The Bertz CT molecular complexity index is 870. The standard InChI is InChI=1S/C21H29N5/c1-16-14-18(17(2)26(16)19-8-4-3-5-9-19)15-22-12-11-21-24-23-20-10-6-7-13-25(20)21/h6-7,10,13-14,19,22H,3-5,8-9,11-12,15H2,1-2H3. The first-order chi connectivity index (χ1) is 12.7. The van der Waals surface area contributed by atoms with E-state index < -0.39 is 0 Å². The Morgan fingerprint density at radius 1 is 1.12 bits per heavy atom. The fourth-order valence-electron chi connectivity index (χ4n) is 4.41. The van der Waals surface area contributed by atoms with Crippen LogP contribution in [0.1, 0.15) is 60.9 Å². The molecule has 1 saturated carbocycles. The largest absolute Gasteiger partial charge is 0.346 e. The van der Waals surface area contributed by atoms with E-state index in [0.29, 0.717) is 6.04 Å². The molecule has 5 heteroatoms. The zero-order valence-corrected chi connectivity index (χ0v) is 15.9. The van der Waals surface area contributed by atoms with Crippen molar-refractivity contribution in [3.8, 4) is 0 Å². The summed E-state index contributed by atoms with van der Waals surface area (Å²) in [5.41, 5.74) is 5.20. The lowest BCUT2D eigenvalue weighted by Gasteiger charge is -2.26. The fourth-order valence-corrected chi connectivity index (χ4v) is 4.41. The molecule has 26 heavy (non-hydrogen) atoms. The number of aromatic nitrogens is 4. The summed E-state index contributed by atoms with van der Waals surface area (Å²) < 4.78 is 4.65. The third-order valence-corrected chi connectivity index (χ3v) is 5.75. The molecule has 0 bridgehead atoms. The smallest absolute Gasteiger partial charge is 0.160 e. The average molecular weight is 351 g/mol. The summed E-state index contributed by atoms with van der Waals surface area (Å²) in [6.07, 6.45) is 9.74. The predicted molar refractivity (Wildman–Crippen MR) is 104 cm³/mol. The van der Waals surface area contributed by atoms with Crippen molar-refractivity contribution in [2.24, 2.45) is 0 Å². The normalized spacial score (nSPS) is 15.8. The minimum atomic E-state index is 0.708. The third-order valence-electron chi connectivity index (χ3n) is 5.75. The minimum Gasteiger partial charge on any atom is -0.346 e. The molecule has 138 valence electrons. The zero-order chi connectivity index (χ0) is 17.9. The van der Waals surface area contributed by atoms with Gasteiger partial charge in [-0.05, 0) is 50.5 Å². The van der Waals surface area contributed by atoms with Crippen molar-refractivity contribution in [1.29, 1.82) is 0 Å². The van der Waals surface area contributed by atoms with Crippen molar-refractivity contribution in [1.82, 2.24) is 24.5 Å². The highest BCUT2D eigenvalue weighted by Crippen LogP contribution is 2.32. The Hall–Kier alpha value is -2.14. The van der Waals surface area contributed by atoms with Crippen molar-refractivity contribution < 1.29 is 0 Å². The summed E-state index contributed by atoms with van der Waals surface area (Å²) >= 11 is 0. The van der Waals surface area contributed by atoms with E-state index in [9.17, 15) is 0 Å². The summed E-state index contributed by atoms with van der Waals surface area (Å²) in [6, 6.07) is 9.08. The molecule has 1 fully saturated rings. The number of aryl methyl sites for hydroxylation is 1. The van der Waals surface area contributed by atoms with E-state index in [4.69, 9.17) is 0 Å². The zero-order valence-electron chi connectivity index (χ0n) is 15.9. The molecule has 1 aliphatic carbocycles. The monoisotopic (exact) mass is 351 g/mol. The lowest BCUT2D eigenvalue weighted by molar-refractivity contribution is 0.345. The maximum Gasteiger partial charge on any atom is 0.160 e. The van der Waals surface area contributed by atoms with Gasteiger partial charge in [0.2, 0.25) is 0 Å². The van der Waals surface area contributed by atoms with Crippen LogP contribution in [0.25, 0.3) is 5.65 Å². The van der Waals surface area contributed by atoms with E-state index in [-0.39, 0.29) is 0 Å². The Kier molecular flexibility index (Phi) is 5.07. The number of nitrogens with zero attached hydrogens (tertiary/aromatic N) is 4. The Balaban J connectivity index is 1.36. The second-order valence-electron chi connectivity index (χ2n) is 7.53. The van der Waals surface area contributed by atoms with Crippen LogP contribution in [0.15, 0.2) is 30.5 Å². The molecule has 1 N–H and O–H groups in total. The molecule has 0 aromatic carbocycles. The van der Waals surface area contributed by atoms with Crippen LogP contribution in [0.4, 0.5) is 0 Å². The first-order valence-electron chi connectivity index (χ1n) is 9.90. The predicted octanol–water partition coefficient (Wildman–Crippen LogP) is 3.99. The van der Waals surface area contributed by atoms with Crippen molar-refractivity contribution in [2.75, 3.05) is 6.54 Å². The van der Waals surface area contributed by atoms with Gasteiger partial charge in [-0.1, -0.05) is 25.3 Å². The van der Waals surface area contributed by atoms with Gasteiger partial charge in [0.15, 0.2) is 5.65 Å². The molecule has 3 heterocycles.